The largest absolute Gasteiger partial charge is 0.357 e. The molecule has 4 rings (SSSR count). The lowest BCUT2D eigenvalue weighted by atomic mass is 10.2. The third kappa shape index (κ3) is 3.48. The molecule has 0 saturated carbocycles. The molecule has 0 unspecified atom stereocenters. The van der Waals surface area contributed by atoms with E-state index in [0.717, 1.165) is 16.3 Å². The molecule has 138 valence electrons. The van der Waals surface area contributed by atoms with Gasteiger partial charge in [-0.3, -0.25) is 9.59 Å². The number of thiazole rings is 1. The smallest absolute Gasteiger partial charge is 0.272 e. The molecule has 0 aliphatic carbocycles. The van der Waals surface area contributed by atoms with E-state index in [4.69, 9.17) is 0 Å². The van der Waals surface area contributed by atoms with E-state index in [0.29, 0.717) is 30.8 Å². The predicted octanol–water partition coefficient (Wildman–Crippen LogP) is 3.96. The molecule has 1 saturated heterocycles. The van der Waals surface area contributed by atoms with Crippen LogP contribution in [0.25, 0.3) is 11.3 Å². The Kier molecular flexibility index (Phi) is 4.49. The number of carbonyl (C=O) groups excluding carboxylic acids is 2. The molecule has 1 fully saturated rings. The first kappa shape index (κ1) is 17.4. The molecular weight excluding hydrogens is 367 g/mol. The fourth-order valence-corrected chi connectivity index (χ4v) is 3.69. The number of rotatable bonds is 4. The van der Waals surface area contributed by atoms with Crippen molar-refractivity contribution in [2.75, 3.05) is 16.8 Å². The highest BCUT2D eigenvalue weighted by Gasteiger charge is 2.24. The number of carbonyl (C=O) groups is 2. The summed E-state index contributed by atoms with van der Waals surface area (Å²) in [4.78, 5) is 33.1. The first-order chi connectivity index (χ1) is 13.0. The van der Waals surface area contributed by atoms with Crippen molar-refractivity contribution in [2.24, 2.45) is 0 Å². The van der Waals surface area contributed by atoms with Gasteiger partial charge in [-0.1, -0.05) is 0 Å². The zero-order chi connectivity index (χ0) is 19.0. The molecule has 0 radical (unpaired) electrons. The highest BCUT2D eigenvalue weighted by molar-refractivity contribution is 7.09. The van der Waals surface area contributed by atoms with Crippen molar-refractivity contribution in [3.63, 3.8) is 0 Å². The molecule has 0 atom stereocenters. The molecular formula is C19H17FN4O2S. The van der Waals surface area contributed by atoms with Crippen LogP contribution in [0.4, 0.5) is 15.8 Å². The molecule has 1 aromatic carbocycles. The molecule has 6 nitrogen and oxygen atoms in total. The fourth-order valence-electron chi connectivity index (χ4n) is 3.07. The number of nitrogens with one attached hydrogen (secondary N) is 2. The van der Waals surface area contributed by atoms with Crippen molar-refractivity contribution >= 4 is 34.5 Å². The average molecular weight is 384 g/mol. The third-order valence-electron chi connectivity index (χ3n) is 4.41. The first-order valence-corrected chi connectivity index (χ1v) is 9.41. The van der Waals surface area contributed by atoms with Crippen molar-refractivity contribution in [1.82, 2.24) is 9.97 Å². The maximum Gasteiger partial charge on any atom is 0.272 e. The summed E-state index contributed by atoms with van der Waals surface area (Å²) in [5.74, 6) is -0.937. The quantitative estimate of drug-likeness (QED) is 0.715. The maximum atomic E-state index is 14.1. The van der Waals surface area contributed by atoms with Gasteiger partial charge in [0.2, 0.25) is 5.91 Å². The van der Waals surface area contributed by atoms with Gasteiger partial charge in [0.1, 0.15) is 11.5 Å². The minimum atomic E-state index is -0.482. The van der Waals surface area contributed by atoms with E-state index in [1.165, 1.54) is 23.1 Å². The van der Waals surface area contributed by atoms with Crippen LogP contribution in [0.1, 0.15) is 28.3 Å². The molecule has 0 bridgehead atoms. The molecule has 1 aliphatic heterocycles. The van der Waals surface area contributed by atoms with Gasteiger partial charge >= 0.3 is 0 Å². The second-order valence-electron chi connectivity index (χ2n) is 6.32. The topological polar surface area (TPSA) is 78.1 Å². The van der Waals surface area contributed by atoms with Crippen molar-refractivity contribution in [3.05, 3.63) is 52.4 Å². The summed E-state index contributed by atoms with van der Waals surface area (Å²) in [6.07, 6.45) is 2.84. The van der Waals surface area contributed by atoms with E-state index in [1.807, 2.05) is 12.3 Å². The van der Waals surface area contributed by atoms with E-state index >= 15 is 0 Å². The average Bonchev–Trinajstić information content (AvgIpc) is 3.37. The van der Waals surface area contributed by atoms with Crippen LogP contribution in [0.3, 0.4) is 0 Å². The molecule has 27 heavy (non-hydrogen) atoms. The number of H-pyrrole nitrogens is 1. The summed E-state index contributed by atoms with van der Waals surface area (Å²) in [6.45, 7) is 2.41. The monoisotopic (exact) mass is 384 g/mol. The summed E-state index contributed by atoms with van der Waals surface area (Å²) < 4.78 is 14.1. The number of halogens is 1. The highest BCUT2D eigenvalue weighted by Crippen LogP contribution is 2.28. The zero-order valence-corrected chi connectivity index (χ0v) is 15.4. The Morgan fingerprint density at radius 2 is 2.22 bits per heavy atom. The van der Waals surface area contributed by atoms with Crippen LogP contribution in [-0.4, -0.2) is 28.3 Å². The van der Waals surface area contributed by atoms with E-state index in [-0.39, 0.29) is 17.5 Å². The molecule has 3 heterocycles. The molecule has 2 N–H and O–H groups in total. The maximum absolute atomic E-state index is 14.1. The number of aromatic nitrogens is 2. The van der Waals surface area contributed by atoms with Crippen molar-refractivity contribution in [1.29, 1.82) is 0 Å². The Morgan fingerprint density at radius 3 is 2.93 bits per heavy atom. The molecule has 8 heteroatoms. The Morgan fingerprint density at radius 1 is 1.37 bits per heavy atom. The number of nitrogens with zero attached hydrogens (tertiary/aromatic N) is 2. The number of anilines is 2. The van der Waals surface area contributed by atoms with Crippen molar-refractivity contribution in [3.8, 4) is 11.3 Å². The highest BCUT2D eigenvalue weighted by atomic mass is 32.1. The molecule has 1 aliphatic rings. The Labute approximate surface area is 159 Å². The minimum Gasteiger partial charge on any atom is -0.357 e. The summed E-state index contributed by atoms with van der Waals surface area (Å²) in [5, 5.41) is 5.62. The van der Waals surface area contributed by atoms with Gasteiger partial charge in [0.15, 0.2) is 0 Å². The van der Waals surface area contributed by atoms with Crippen LogP contribution in [0.15, 0.2) is 35.8 Å². The molecule has 0 spiro atoms. The Bertz CT molecular complexity index is 1030. The number of aromatic amines is 1. The first-order valence-electron chi connectivity index (χ1n) is 8.53. The molecule has 2 aromatic heterocycles. The lowest BCUT2D eigenvalue weighted by Gasteiger charge is -2.17. The predicted molar refractivity (Wildman–Crippen MR) is 103 cm³/mol. The number of hydrogen-bond acceptors (Lipinski definition) is 4. The standard InChI is InChI=1S/C19H17FN4O2S/c1-11-22-16(10-27-11)12-7-15(21-9-12)19(26)23-13-4-5-14(20)17(8-13)24-6-2-3-18(24)25/h4-5,7-10,21H,2-3,6H2,1H3,(H,23,26). The fraction of sp³-hybridized carbons (Fsp3) is 0.211. The van der Waals surface area contributed by atoms with Crippen LogP contribution < -0.4 is 10.2 Å². The van der Waals surface area contributed by atoms with Gasteiger partial charge in [0, 0.05) is 35.8 Å². The van der Waals surface area contributed by atoms with Crippen LogP contribution >= 0.6 is 11.3 Å². The van der Waals surface area contributed by atoms with Gasteiger partial charge in [-0.25, -0.2) is 9.37 Å². The van der Waals surface area contributed by atoms with E-state index < -0.39 is 5.82 Å². The minimum absolute atomic E-state index is 0.107. The van der Waals surface area contributed by atoms with Crippen LogP contribution in [-0.2, 0) is 4.79 Å². The van der Waals surface area contributed by atoms with Crippen LogP contribution in [0.2, 0.25) is 0 Å². The third-order valence-corrected chi connectivity index (χ3v) is 5.18. The SMILES string of the molecule is Cc1nc(-c2c[nH]c(C(=O)Nc3ccc(F)c(N4CCCC4=O)c3)c2)cs1. The number of hydrogen-bond donors (Lipinski definition) is 2. The Balaban J connectivity index is 1.53. The van der Waals surface area contributed by atoms with Gasteiger partial charge < -0.3 is 15.2 Å². The van der Waals surface area contributed by atoms with Crippen LogP contribution in [0, 0.1) is 12.7 Å². The van der Waals surface area contributed by atoms with Gasteiger partial charge in [0.05, 0.1) is 16.4 Å². The summed E-state index contributed by atoms with van der Waals surface area (Å²) in [6, 6.07) is 5.95. The van der Waals surface area contributed by atoms with E-state index in [9.17, 15) is 14.0 Å². The zero-order valence-electron chi connectivity index (χ0n) is 14.6. The number of benzene rings is 1. The Hall–Kier alpha value is -3.00. The lowest BCUT2D eigenvalue weighted by Crippen LogP contribution is -2.25. The van der Waals surface area contributed by atoms with Gasteiger partial charge in [-0.2, -0.15) is 0 Å². The number of amides is 2. The van der Waals surface area contributed by atoms with Gasteiger partial charge in [0.25, 0.3) is 5.91 Å². The molecule has 2 amide bonds. The second kappa shape index (κ2) is 6.96. The summed E-state index contributed by atoms with van der Waals surface area (Å²) in [7, 11) is 0. The van der Waals surface area contributed by atoms with E-state index in [1.54, 1.807) is 23.6 Å². The molecule has 3 aromatic rings. The van der Waals surface area contributed by atoms with Crippen molar-refractivity contribution in [2.45, 2.75) is 19.8 Å². The van der Waals surface area contributed by atoms with Gasteiger partial charge in [-0.15, -0.1) is 11.3 Å². The van der Waals surface area contributed by atoms with Crippen LogP contribution in [0.5, 0.6) is 0 Å². The summed E-state index contributed by atoms with van der Waals surface area (Å²) >= 11 is 1.54. The normalized spacial score (nSPS) is 14.0. The summed E-state index contributed by atoms with van der Waals surface area (Å²) in [5.41, 5.74) is 2.63. The second-order valence-corrected chi connectivity index (χ2v) is 7.39. The number of aryl methyl sites for hydroxylation is 1. The van der Waals surface area contributed by atoms with E-state index in [2.05, 4.69) is 15.3 Å². The van der Waals surface area contributed by atoms with Crippen molar-refractivity contribution < 1.29 is 14.0 Å². The van der Waals surface area contributed by atoms with Gasteiger partial charge in [-0.05, 0) is 37.6 Å². The lowest BCUT2D eigenvalue weighted by molar-refractivity contribution is -0.117.